The minimum absolute atomic E-state index is 0.965. The fourth-order valence-corrected chi connectivity index (χ4v) is 1.48. The SMILES string of the molecule is C1=CC[N+]2(C=C1)C=CC=CC2. The van der Waals surface area contributed by atoms with Gasteiger partial charge in [0.25, 0.3) is 0 Å². The van der Waals surface area contributed by atoms with Crippen molar-refractivity contribution in [3.63, 3.8) is 0 Å². The molecule has 11 heavy (non-hydrogen) atoms. The van der Waals surface area contributed by atoms with Crippen molar-refractivity contribution in [3.8, 4) is 0 Å². The molecule has 0 N–H and O–H groups in total. The molecule has 0 atom stereocenters. The van der Waals surface area contributed by atoms with Crippen LogP contribution in [-0.2, 0) is 0 Å². The molecule has 0 unspecified atom stereocenters. The maximum atomic E-state index is 2.24. The molecule has 1 heteroatoms. The molecule has 0 amide bonds. The van der Waals surface area contributed by atoms with Crippen LogP contribution in [0.5, 0.6) is 0 Å². The van der Waals surface area contributed by atoms with Gasteiger partial charge in [-0.1, -0.05) is 12.2 Å². The standard InChI is InChI=1S/C10H12N/c1-3-7-11(8-4-1)9-5-2-6-10-11/h1-7,9H,8,10H2/q+1. The van der Waals surface area contributed by atoms with Crippen LogP contribution < -0.4 is 0 Å². The predicted molar refractivity (Wildman–Crippen MR) is 46.6 cm³/mol. The first-order valence-corrected chi connectivity index (χ1v) is 3.97. The zero-order valence-electron chi connectivity index (χ0n) is 6.48. The van der Waals surface area contributed by atoms with Crippen molar-refractivity contribution in [2.75, 3.05) is 13.1 Å². The molecule has 0 bridgehead atoms. The van der Waals surface area contributed by atoms with Crippen molar-refractivity contribution < 1.29 is 4.48 Å². The summed E-state index contributed by atoms with van der Waals surface area (Å²) in [5.41, 5.74) is 0. The minimum atomic E-state index is 0.965. The molecule has 56 valence electrons. The summed E-state index contributed by atoms with van der Waals surface area (Å²) in [6, 6.07) is 0. The molecule has 0 aromatic heterocycles. The minimum Gasteiger partial charge on any atom is -0.265 e. The van der Waals surface area contributed by atoms with E-state index in [1.54, 1.807) is 0 Å². The smallest absolute Gasteiger partial charge is 0.106 e. The van der Waals surface area contributed by atoms with Crippen LogP contribution in [0.15, 0.2) is 48.9 Å². The molecule has 2 heterocycles. The van der Waals surface area contributed by atoms with Gasteiger partial charge in [0, 0.05) is 0 Å². The van der Waals surface area contributed by atoms with Crippen LogP contribution in [0, 0.1) is 0 Å². The van der Waals surface area contributed by atoms with E-state index in [1.807, 2.05) is 0 Å². The van der Waals surface area contributed by atoms with Gasteiger partial charge in [0.05, 0.1) is 0 Å². The van der Waals surface area contributed by atoms with Crippen molar-refractivity contribution in [1.82, 2.24) is 0 Å². The highest BCUT2D eigenvalue weighted by atomic mass is 15.3. The molecule has 0 saturated carbocycles. The van der Waals surface area contributed by atoms with E-state index in [4.69, 9.17) is 0 Å². The molecule has 2 aliphatic heterocycles. The fourth-order valence-electron chi connectivity index (χ4n) is 1.48. The Morgan fingerprint density at radius 1 is 0.727 bits per heavy atom. The lowest BCUT2D eigenvalue weighted by atomic mass is 10.2. The third-order valence-electron chi connectivity index (χ3n) is 2.15. The Bertz CT molecular complexity index is 228. The lowest BCUT2D eigenvalue weighted by Gasteiger charge is -2.31. The van der Waals surface area contributed by atoms with E-state index < -0.39 is 0 Å². The highest BCUT2D eigenvalue weighted by Gasteiger charge is 2.21. The van der Waals surface area contributed by atoms with E-state index in [1.165, 1.54) is 0 Å². The predicted octanol–water partition coefficient (Wildman–Crippen LogP) is 1.97. The zero-order valence-corrected chi connectivity index (χ0v) is 6.48. The second-order valence-electron chi connectivity index (χ2n) is 3.01. The lowest BCUT2D eigenvalue weighted by molar-refractivity contribution is -0.816. The van der Waals surface area contributed by atoms with E-state index in [2.05, 4.69) is 48.9 Å². The molecule has 0 radical (unpaired) electrons. The molecule has 0 aliphatic carbocycles. The van der Waals surface area contributed by atoms with Gasteiger partial charge in [-0.05, 0) is 24.3 Å². The molecule has 0 saturated heterocycles. The average molecular weight is 146 g/mol. The van der Waals surface area contributed by atoms with Gasteiger partial charge in [0.1, 0.15) is 25.5 Å². The molecular weight excluding hydrogens is 134 g/mol. The molecule has 0 fully saturated rings. The first-order chi connectivity index (χ1) is 5.41. The highest BCUT2D eigenvalue weighted by Crippen LogP contribution is 2.16. The van der Waals surface area contributed by atoms with Crippen LogP contribution >= 0.6 is 0 Å². The largest absolute Gasteiger partial charge is 0.265 e. The summed E-state index contributed by atoms with van der Waals surface area (Å²) in [6.07, 6.45) is 17.3. The number of nitrogens with zero attached hydrogens (tertiary/aromatic N) is 1. The molecule has 2 aliphatic rings. The Hall–Kier alpha value is -1.08. The fraction of sp³-hybridized carbons (Fsp3) is 0.200. The molecule has 2 rings (SSSR count). The Labute approximate surface area is 67.2 Å². The zero-order chi connectivity index (χ0) is 7.57. The van der Waals surface area contributed by atoms with Crippen LogP contribution in [0.4, 0.5) is 0 Å². The molecular formula is C10H12N+. The van der Waals surface area contributed by atoms with Crippen LogP contribution in [0.2, 0.25) is 0 Å². The highest BCUT2D eigenvalue weighted by molar-refractivity contribution is 5.10. The Kier molecular flexibility index (Phi) is 1.51. The number of allylic oxidation sites excluding steroid dienone is 4. The summed E-state index contributed by atoms with van der Waals surface area (Å²) in [4.78, 5) is 0. The van der Waals surface area contributed by atoms with E-state index >= 15 is 0 Å². The lowest BCUT2D eigenvalue weighted by Crippen LogP contribution is -2.39. The summed E-state index contributed by atoms with van der Waals surface area (Å²) in [5.74, 6) is 0. The van der Waals surface area contributed by atoms with Crippen LogP contribution in [0.25, 0.3) is 0 Å². The Balaban J connectivity index is 2.24. The van der Waals surface area contributed by atoms with E-state index in [0.29, 0.717) is 0 Å². The topological polar surface area (TPSA) is 0 Å². The number of rotatable bonds is 0. The third-order valence-corrected chi connectivity index (χ3v) is 2.15. The van der Waals surface area contributed by atoms with Crippen molar-refractivity contribution in [1.29, 1.82) is 0 Å². The van der Waals surface area contributed by atoms with Crippen molar-refractivity contribution in [2.24, 2.45) is 0 Å². The third kappa shape index (κ3) is 1.19. The number of hydrogen-bond acceptors (Lipinski definition) is 0. The van der Waals surface area contributed by atoms with E-state index in [0.717, 1.165) is 17.6 Å². The second kappa shape index (κ2) is 2.51. The Morgan fingerprint density at radius 3 is 1.64 bits per heavy atom. The van der Waals surface area contributed by atoms with Crippen molar-refractivity contribution in [3.05, 3.63) is 48.9 Å². The van der Waals surface area contributed by atoms with Gasteiger partial charge in [-0.3, -0.25) is 4.48 Å². The normalized spacial score (nSPS) is 24.7. The van der Waals surface area contributed by atoms with Gasteiger partial charge in [0.2, 0.25) is 0 Å². The van der Waals surface area contributed by atoms with Gasteiger partial charge in [-0.15, -0.1) is 0 Å². The van der Waals surface area contributed by atoms with E-state index in [-0.39, 0.29) is 0 Å². The number of hydrogen-bond donors (Lipinski definition) is 0. The molecule has 1 nitrogen and oxygen atoms in total. The van der Waals surface area contributed by atoms with Crippen LogP contribution in [-0.4, -0.2) is 17.6 Å². The summed E-state index contributed by atoms with van der Waals surface area (Å²) >= 11 is 0. The van der Waals surface area contributed by atoms with Gasteiger partial charge < -0.3 is 0 Å². The maximum absolute atomic E-state index is 2.24. The molecule has 0 aromatic carbocycles. The van der Waals surface area contributed by atoms with Gasteiger partial charge in [-0.2, -0.15) is 0 Å². The first kappa shape index (κ1) is 6.62. The first-order valence-electron chi connectivity index (χ1n) is 3.97. The molecule has 1 spiro atoms. The summed E-state index contributed by atoms with van der Waals surface area (Å²) in [6.45, 7) is 2.19. The van der Waals surface area contributed by atoms with Crippen LogP contribution in [0.1, 0.15) is 0 Å². The van der Waals surface area contributed by atoms with Crippen molar-refractivity contribution in [2.45, 2.75) is 0 Å². The molecule has 0 aromatic rings. The van der Waals surface area contributed by atoms with Gasteiger partial charge in [0.15, 0.2) is 0 Å². The van der Waals surface area contributed by atoms with E-state index in [9.17, 15) is 0 Å². The monoisotopic (exact) mass is 146 g/mol. The summed E-state index contributed by atoms with van der Waals surface area (Å²) in [7, 11) is 0. The van der Waals surface area contributed by atoms with Gasteiger partial charge in [-0.25, -0.2) is 0 Å². The summed E-state index contributed by atoms with van der Waals surface area (Å²) < 4.78 is 0.965. The summed E-state index contributed by atoms with van der Waals surface area (Å²) in [5, 5.41) is 0. The second-order valence-corrected chi connectivity index (χ2v) is 3.01. The van der Waals surface area contributed by atoms with Crippen LogP contribution in [0.3, 0.4) is 0 Å². The number of quaternary nitrogens is 1. The van der Waals surface area contributed by atoms with Crippen molar-refractivity contribution >= 4 is 0 Å². The van der Waals surface area contributed by atoms with Gasteiger partial charge >= 0.3 is 0 Å². The maximum Gasteiger partial charge on any atom is 0.106 e. The average Bonchev–Trinajstić information content (AvgIpc) is 2.07. The quantitative estimate of drug-likeness (QED) is 0.458. The Morgan fingerprint density at radius 2 is 1.27 bits per heavy atom.